The van der Waals surface area contributed by atoms with Crippen LogP contribution in [0.3, 0.4) is 0 Å². The SMILES string of the molecule is CC(C)Cc1ccc(C(C)C(=O)NCC2CC(=O)N(Cc3ccccc3)C2)cc1. The summed E-state index contributed by atoms with van der Waals surface area (Å²) in [6.07, 6.45) is 1.56. The number of amides is 2. The largest absolute Gasteiger partial charge is 0.355 e. The molecule has 2 aromatic carbocycles. The van der Waals surface area contributed by atoms with Gasteiger partial charge >= 0.3 is 0 Å². The molecule has 29 heavy (non-hydrogen) atoms. The van der Waals surface area contributed by atoms with Gasteiger partial charge in [0.05, 0.1) is 5.92 Å². The van der Waals surface area contributed by atoms with Crippen molar-refractivity contribution < 1.29 is 9.59 Å². The van der Waals surface area contributed by atoms with Gasteiger partial charge in [-0.15, -0.1) is 0 Å². The number of hydrogen-bond acceptors (Lipinski definition) is 2. The van der Waals surface area contributed by atoms with Gasteiger partial charge in [0.25, 0.3) is 0 Å². The Morgan fingerprint density at radius 3 is 2.38 bits per heavy atom. The van der Waals surface area contributed by atoms with Crippen LogP contribution in [0.15, 0.2) is 54.6 Å². The van der Waals surface area contributed by atoms with Crippen molar-refractivity contribution >= 4 is 11.8 Å². The molecule has 0 spiro atoms. The average molecular weight is 393 g/mol. The van der Waals surface area contributed by atoms with Crippen LogP contribution in [0, 0.1) is 11.8 Å². The van der Waals surface area contributed by atoms with Gasteiger partial charge in [0.2, 0.25) is 11.8 Å². The molecule has 1 aliphatic rings. The molecule has 1 saturated heterocycles. The van der Waals surface area contributed by atoms with Crippen molar-refractivity contribution in [3.8, 4) is 0 Å². The van der Waals surface area contributed by atoms with E-state index >= 15 is 0 Å². The Kier molecular flexibility index (Phi) is 7.08. The minimum absolute atomic E-state index is 0.0237. The highest BCUT2D eigenvalue weighted by Crippen LogP contribution is 2.21. The quantitative estimate of drug-likeness (QED) is 0.734. The predicted octanol–water partition coefficient (Wildman–Crippen LogP) is 4.15. The molecule has 1 N–H and O–H groups in total. The van der Waals surface area contributed by atoms with E-state index in [1.54, 1.807) is 0 Å². The maximum Gasteiger partial charge on any atom is 0.227 e. The summed E-state index contributed by atoms with van der Waals surface area (Å²) in [5, 5.41) is 3.06. The second-order valence-electron chi connectivity index (χ2n) is 8.64. The molecule has 0 radical (unpaired) electrons. The summed E-state index contributed by atoms with van der Waals surface area (Å²) >= 11 is 0. The maximum atomic E-state index is 12.6. The van der Waals surface area contributed by atoms with Crippen molar-refractivity contribution in [1.29, 1.82) is 0 Å². The van der Waals surface area contributed by atoms with Crippen LogP contribution in [-0.2, 0) is 22.6 Å². The second kappa shape index (κ2) is 9.73. The Labute approximate surface area is 174 Å². The molecule has 1 heterocycles. The molecule has 154 valence electrons. The van der Waals surface area contributed by atoms with Gasteiger partial charge in [0.15, 0.2) is 0 Å². The number of carbonyl (C=O) groups excluding carboxylic acids is 2. The summed E-state index contributed by atoms with van der Waals surface area (Å²) in [5.74, 6) is 0.797. The van der Waals surface area contributed by atoms with Crippen molar-refractivity contribution in [1.82, 2.24) is 10.2 Å². The molecule has 1 aliphatic heterocycles. The summed E-state index contributed by atoms with van der Waals surface area (Å²) in [7, 11) is 0. The fourth-order valence-electron chi connectivity index (χ4n) is 3.91. The number of nitrogens with one attached hydrogen (secondary N) is 1. The zero-order valence-corrected chi connectivity index (χ0v) is 17.7. The fraction of sp³-hybridized carbons (Fsp3) is 0.440. The maximum absolute atomic E-state index is 12.6. The van der Waals surface area contributed by atoms with Gasteiger partial charge in [-0.3, -0.25) is 9.59 Å². The highest BCUT2D eigenvalue weighted by atomic mass is 16.2. The molecular formula is C25H32N2O2. The lowest BCUT2D eigenvalue weighted by atomic mass is 9.96. The molecule has 2 aromatic rings. The van der Waals surface area contributed by atoms with Crippen molar-refractivity contribution in [3.05, 3.63) is 71.3 Å². The Balaban J connectivity index is 1.48. The Hall–Kier alpha value is -2.62. The minimum Gasteiger partial charge on any atom is -0.355 e. The molecule has 0 aromatic heterocycles. The number of likely N-dealkylation sites (tertiary alicyclic amines) is 1. The van der Waals surface area contributed by atoms with E-state index in [-0.39, 0.29) is 23.7 Å². The molecule has 0 bridgehead atoms. The lowest BCUT2D eigenvalue weighted by molar-refractivity contribution is -0.128. The average Bonchev–Trinajstić information content (AvgIpc) is 3.06. The molecule has 2 atom stereocenters. The van der Waals surface area contributed by atoms with E-state index in [1.807, 2.05) is 42.2 Å². The second-order valence-corrected chi connectivity index (χ2v) is 8.64. The van der Waals surface area contributed by atoms with Crippen molar-refractivity contribution in [2.24, 2.45) is 11.8 Å². The van der Waals surface area contributed by atoms with Gasteiger partial charge < -0.3 is 10.2 Å². The van der Waals surface area contributed by atoms with Gasteiger partial charge in [-0.2, -0.15) is 0 Å². The van der Waals surface area contributed by atoms with E-state index in [1.165, 1.54) is 5.56 Å². The monoisotopic (exact) mass is 392 g/mol. The standard InChI is InChI=1S/C25H32N2O2/c1-18(2)13-20-9-11-23(12-10-20)19(3)25(29)26-15-22-14-24(28)27(17-22)16-21-7-5-4-6-8-21/h4-12,18-19,22H,13-17H2,1-3H3,(H,26,29). The van der Waals surface area contributed by atoms with E-state index in [0.717, 1.165) is 17.5 Å². The molecule has 0 aliphatic carbocycles. The number of carbonyl (C=O) groups is 2. The number of hydrogen-bond donors (Lipinski definition) is 1. The molecule has 0 saturated carbocycles. The Morgan fingerprint density at radius 1 is 1.03 bits per heavy atom. The lowest BCUT2D eigenvalue weighted by Crippen LogP contribution is -2.33. The molecule has 3 rings (SSSR count). The summed E-state index contributed by atoms with van der Waals surface area (Å²) in [6.45, 7) is 8.24. The summed E-state index contributed by atoms with van der Waals surface area (Å²) in [5.41, 5.74) is 3.47. The van der Waals surface area contributed by atoms with Gasteiger partial charge in [-0.1, -0.05) is 68.4 Å². The first-order valence-electron chi connectivity index (χ1n) is 10.6. The third kappa shape index (κ3) is 5.93. The van der Waals surface area contributed by atoms with E-state index in [0.29, 0.717) is 32.0 Å². The third-order valence-corrected chi connectivity index (χ3v) is 5.59. The lowest BCUT2D eigenvalue weighted by Gasteiger charge is -2.18. The summed E-state index contributed by atoms with van der Waals surface area (Å²) < 4.78 is 0. The summed E-state index contributed by atoms with van der Waals surface area (Å²) in [6, 6.07) is 18.4. The summed E-state index contributed by atoms with van der Waals surface area (Å²) in [4.78, 5) is 26.8. The van der Waals surface area contributed by atoms with Crippen LogP contribution in [0.25, 0.3) is 0 Å². The van der Waals surface area contributed by atoms with E-state index in [4.69, 9.17) is 0 Å². The van der Waals surface area contributed by atoms with Crippen LogP contribution < -0.4 is 5.32 Å². The van der Waals surface area contributed by atoms with Crippen LogP contribution in [0.2, 0.25) is 0 Å². The highest BCUT2D eigenvalue weighted by Gasteiger charge is 2.30. The van der Waals surface area contributed by atoms with E-state index in [9.17, 15) is 9.59 Å². The normalized spacial score (nSPS) is 17.6. The Morgan fingerprint density at radius 2 is 1.72 bits per heavy atom. The first-order chi connectivity index (χ1) is 13.9. The third-order valence-electron chi connectivity index (χ3n) is 5.59. The van der Waals surface area contributed by atoms with Gasteiger partial charge in [-0.05, 0) is 36.0 Å². The first-order valence-corrected chi connectivity index (χ1v) is 10.6. The smallest absolute Gasteiger partial charge is 0.227 e. The van der Waals surface area contributed by atoms with Gasteiger partial charge in [0.1, 0.15) is 0 Å². The zero-order valence-electron chi connectivity index (χ0n) is 17.7. The molecular weight excluding hydrogens is 360 g/mol. The number of benzene rings is 2. The van der Waals surface area contributed by atoms with Crippen LogP contribution in [-0.4, -0.2) is 29.8 Å². The molecule has 1 fully saturated rings. The first kappa shape index (κ1) is 21.1. The van der Waals surface area contributed by atoms with Crippen molar-refractivity contribution in [2.75, 3.05) is 13.1 Å². The van der Waals surface area contributed by atoms with Crippen LogP contribution in [0.5, 0.6) is 0 Å². The fourth-order valence-corrected chi connectivity index (χ4v) is 3.91. The zero-order chi connectivity index (χ0) is 20.8. The molecule has 4 heteroatoms. The van der Waals surface area contributed by atoms with Crippen LogP contribution >= 0.6 is 0 Å². The van der Waals surface area contributed by atoms with Crippen molar-refractivity contribution in [2.45, 2.75) is 46.1 Å². The van der Waals surface area contributed by atoms with E-state index < -0.39 is 0 Å². The molecule has 4 nitrogen and oxygen atoms in total. The number of rotatable bonds is 8. The topological polar surface area (TPSA) is 49.4 Å². The van der Waals surface area contributed by atoms with Crippen LogP contribution in [0.4, 0.5) is 0 Å². The molecule has 2 unspecified atom stereocenters. The Bertz CT molecular complexity index is 814. The molecule has 2 amide bonds. The van der Waals surface area contributed by atoms with Gasteiger partial charge in [0, 0.05) is 32.0 Å². The minimum atomic E-state index is -0.194. The van der Waals surface area contributed by atoms with Crippen molar-refractivity contribution in [3.63, 3.8) is 0 Å². The van der Waals surface area contributed by atoms with Gasteiger partial charge in [-0.25, -0.2) is 0 Å². The van der Waals surface area contributed by atoms with Crippen LogP contribution in [0.1, 0.15) is 49.8 Å². The number of nitrogens with zero attached hydrogens (tertiary/aromatic N) is 1. The highest BCUT2D eigenvalue weighted by molar-refractivity contribution is 5.83. The predicted molar refractivity (Wildman–Crippen MR) is 116 cm³/mol. The van der Waals surface area contributed by atoms with E-state index in [2.05, 4.69) is 43.4 Å².